The van der Waals surface area contributed by atoms with Gasteiger partial charge >= 0.3 is 0 Å². The molecule has 1 amide bonds. The SMILES string of the molecule is Cc1ccc(C2CC=NN2C(=O)C23CC(Cn4cc(C#N)cn4)C(C2)C3)nc1. The molecule has 28 heavy (non-hydrogen) atoms. The number of hydrogen-bond donors (Lipinski definition) is 0. The number of amides is 1. The van der Waals surface area contributed by atoms with Gasteiger partial charge in [0.2, 0.25) is 5.91 Å². The standard InChI is InChI=1S/C21H22N6O/c1-14-2-3-18(23-10-14)19-4-5-24-27(19)20(28)21-6-16(7-21)17(8-21)13-26-12-15(9-22)11-25-26/h2-3,5,10-12,16-17,19H,4,6-8,13H2,1H3. The first kappa shape index (κ1) is 17.1. The highest BCUT2D eigenvalue weighted by Crippen LogP contribution is 2.63. The van der Waals surface area contributed by atoms with Crippen LogP contribution in [-0.4, -0.2) is 31.9 Å². The van der Waals surface area contributed by atoms with Crippen molar-refractivity contribution in [1.82, 2.24) is 19.8 Å². The van der Waals surface area contributed by atoms with Crippen LogP contribution in [-0.2, 0) is 11.3 Å². The summed E-state index contributed by atoms with van der Waals surface area (Å²) in [6.45, 7) is 2.78. The third-order valence-corrected chi connectivity index (χ3v) is 6.58. The van der Waals surface area contributed by atoms with Crippen LogP contribution in [0.5, 0.6) is 0 Å². The molecule has 7 nitrogen and oxygen atoms in total. The molecule has 1 aliphatic heterocycles. The van der Waals surface area contributed by atoms with E-state index in [2.05, 4.69) is 21.3 Å². The Labute approximate surface area is 163 Å². The summed E-state index contributed by atoms with van der Waals surface area (Å²) >= 11 is 0. The van der Waals surface area contributed by atoms with Crippen molar-refractivity contribution in [3.05, 3.63) is 47.5 Å². The van der Waals surface area contributed by atoms with Gasteiger partial charge in [-0.2, -0.15) is 15.5 Å². The van der Waals surface area contributed by atoms with Crippen molar-refractivity contribution in [2.75, 3.05) is 0 Å². The van der Waals surface area contributed by atoms with Crippen molar-refractivity contribution in [2.24, 2.45) is 22.4 Å². The number of aromatic nitrogens is 3. The number of aryl methyl sites for hydroxylation is 1. The molecule has 142 valence electrons. The van der Waals surface area contributed by atoms with E-state index in [1.807, 2.05) is 36.1 Å². The van der Waals surface area contributed by atoms with Crippen molar-refractivity contribution < 1.29 is 4.79 Å². The van der Waals surface area contributed by atoms with E-state index in [0.29, 0.717) is 17.4 Å². The quantitative estimate of drug-likeness (QED) is 0.823. The maximum Gasteiger partial charge on any atom is 0.249 e. The van der Waals surface area contributed by atoms with Crippen LogP contribution in [0.2, 0.25) is 0 Å². The Bertz CT molecular complexity index is 979. The highest BCUT2D eigenvalue weighted by molar-refractivity contribution is 5.86. The Hall–Kier alpha value is -3.01. The van der Waals surface area contributed by atoms with Gasteiger partial charge in [-0.25, -0.2) is 5.01 Å². The van der Waals surface area contributed by atoms with Gasteiger partial charge in [-0.3, -0.25) is 14.5 Å². The lowest BCUT2D eigenvalue weighted by Crippen LogP contribution is -2.45. The maximum atomic E-state index is 13.4. The molecule has 4 aliphatic rings. The van der Waals surface area contributed by atoms with Gasteiger partial charge in [0.25, 0.3) is 0 Å². The van der Waals surface area contributed by atoms with Gasteiger partial charge in [0, 0.05) is 31.6 Å². The van der Waals surface area contributed by atoms with Gasteiger partial charge in [-0.1, -0.05) is 6.07 Å². The van der Waals surface area contributed by atoms with Crippen molar-refractivity contribution in [3.8, 4) is 6.07 Å². The van der Waals surface area contributed by atoms with Gasteiger partial charge < -0.3 is 0 Å². The summed E-state index contributed by atoms with van der Waals surface area (Å²) in [5.41, 5.74) is 2.30. The second-order valence-corrected chi connectivity index (χ2v) is 8.44. The number of hydrazone groups is 1. The molecule has 0 spiro atoms. The van der Waals surface area contributed by atoms with Crippen LogP contribution >= 0.6 is 0 Å². The van der Waals surface area contributed by atoms with Crippen LogP contribution in [0, 0.1) is 35.5 Å². The van der Waals surface area contributed by atoms with Gasteiger partial charge in [0.1, 0.15) is 12.1 Å². The number of nitriles is 1. The zero-order valence-corrected chi connectivity index (χ0v) is 15.8. The Morgan fingerprint density at radius 2 is 2.18 bits per heavy atom. The summed E-state index contributed by atoms with van der Waals surface area (Å²) in [5, 5.41) is 19.3. The van der Waals surface area contributed by atoms with Crippen LogP contribution < -0.4 is 0 Å². The molecule has 3 saturated carbocycles. The van der Waals surface area contributed by atoms with Gasteiger partial charge in [0.05, 0.1) is 22.9 Å². The molecule has 3 aliphatic carbocycles. The van der Waals surface area contributed by atoms with Crippen LogP contribution in [0.3, 0.4) is 0 Å². The first-order valence-corrected chi connectivity index (χ1v) is 9.79. The average Bonchev–Trinajstić information content (AvgIpc) is 3.44. The predicted molar refractivity (Wildman–Crippen MR) is 102 cm³/mol. The highest BCUT2D eigenvalue weighted by Gasteiger charge is 2.61. The number of nitrogens with zero attached hydrogens (tertiary/aromatic N) is 6. The number of carbonyl (C=O) groups excluding carboxylic acids is 1. The van der Waals surface area contributed by atoms with E-state index in [1.54, 1.807) is 17.4 Å². The minimum Gasteiger partial charge on any atom is -0.272 e. The summed E-state index contributed by atoms with van der Waals surface area (Å²) in [7, 11) is 0. The molecule has 2 atom stereocenters. The molecule has 3 fully saturated rings. The zero-order chi connectivity index (χ0) is 19.3. The largest absolute Gasteiger partial charge is 0.272 e. The van der Waals surface area contributed by atoms with E-state index >= 15 is 0 Å². The molecule has 0 N–H and O–H groups in total. The molecule has 2 aromatic rings. The molecule has 6 rings (SSSR count). The van der Waals surface area contributed by atoms with E-state index < -0.39 is 0 Å². The fourth-order valence-electron chi connectivity index (χ4n) is 5.12. The molecule has 2 unspecified atom stereocenters. The van der Waals surface area contributed by atoms with E-state index in [9.17, 15) is 4.79 Å². The van der Waals surface area contributed by atoms with Crippen molar-refractivity contribution in [1.29, 1.82) is 5.26 Å². The molecule has 2 aromatic heterocycles. The molecule has 3 heterocycles. The predicted octanol–water partition coefficient (Wildman–Crippen LogP) is 2.83. The zero-order valence-electron chi connectivity index (χ0n) is 15.8. The van der Waals surface area contributed by atoms with E-state index in [0.717, 1.165) is 43.5 Å². The van der Waals surface area contributed by atoms with Crippen molar-refractivity contribution in [2.45, 2.75) is 45.2 Å². The fourth-order valence-corrected chi connectivity index (χ4v) is 5.12. The normalized spacial score (nSPS) is 30.3. The number of fused-ring (bicyclic) bond motifs is 1. The van der Waals surface area contributed by atoms with Crippen LogP contribution in [0.4, 0.5) is 0 Å². The summed E-state index contributed by atoms with van der Waals surface area (Å²) in [4.78, 5) is 17.9. The fraction of sp³-hybridized carbons (Fsp3) is 0.476. The summed E-state index contributed by atoms with van der Waals surface area (Å²) in [6, 6.07) is 6.05. The van der Waals surface area contributed by atoms with Crippen LogP contribution in [0.1, 0.15) is 48.5 Å². The lowest BCUT2D eigenvalue weighted by molar-refractivity contribution is -0.148. The number of hydrogen-bond acceptors (Lipinski definition) is 5. The smallest absolute Gasteiger partial charge is 0.249 e. The number of rotatable bonds is 4. The average molecular weight is 374 g/mol. The van der Waals surface area contributed by atoms with Gasteiger partial charge in [0.15, 0.2) is 0 Å². The monoisotopic (exact) mass is 374 g/mol. The second-order valence-electron chi connectivity index (χ2n) is 8.44. The molecule has 0 radical (unpaired) electrons. The molecular weight excluding hydrogens is 352 g/mol. The molecule has 0 aromatic carbocycles. The number of pyridine rings is 1. The Morgan fingerprint density at radius 3 is 2.89 bits per heavy atom. The lowest BCUT2D eigenvalue weighted by Gasteiger charge is -2.40. The van der Waals surface area contributed by atoms with Crippen molar-refractivity contribution in [3.63, 3.8) is 0 Å². The summed E-state index contributed by atoms with van der Waals surface area (Å²) < 4.78 is 1.84. The molecule has 7 heteroatoms. The Balaban J connectivity index is 1.30. The van der Waals surface area contributed by atoms with Crippen LogP contribution in [0.25, 0.3) is 0 Å². The van der Waals surface area contributed by atoms with Crippen LogP contribution in [0.15, 0.2) is 35.8 Å². The van der Waals surface area contributed by atoms with Gasteiger partial charge in [-0.05, 0) is 49.7 Å². The van der Waals surface area contributed by atoms with Gasteiger partial charge in [-0.15, -0.1) is 0 Å². The number of carbonyl (C=O) groups is 1. The highest BCUT2D eigenvalue weighted by atomic mass is 16.2. The summed E-state index contributed by atoms with van der Waals surface area (Å²) in [6.07, 6.45) is 10.5. The molecular formula is C21H22N6O. The topological polar surface area (TPSA) is 87.2 Å². The van der Waals surface area contributed by atoms with E-state index in [4.69, 9.17) is 5.26 Å². The third-order valence-electron chi connectivity index (χ3n) is 6.58. The maximum absolute atomic E-state index is 13.4. The second kappa shape index (κ2) is 6.26. The van der Waals surface area contributed by atoms with E-state index in [1.165, 1.54) is 0 Å². The van der Waals surface area contributed by atoms with E-state index in [-0.39, 0.29) is 17.4 Å². The first-order chi connectivity index (χ1) is 13.6. The van der Waals surface area contributed by atoms with Crippen molar-refractivity contribution >= 4 is 12.1 Å². The first-order valence-electron chi connectivity index (χ1n) is 9.79. The molecule has 2 bridgehead atoms. The Morgan fingerprint density at radius 1 is 1.32 bits per heavy atom. The lowest BCUT2D eigenvalue weighted by atomic mass is 9.68. The third kappa shape index (κ3) is 2.63. The minimum absolute atomic E-state index is 0.0927. The molecule has 0 saturated heterocycles. The minimum atomic E-state index is -0.287. The Kier molecular flexibility index (Phi) is 3.83. The summed E-state index contributed by atoms with van der Waals surface area (Å²) in [5.74, 6) is 1.13.